The second-order valence-electron chi connectivity index (χ2n) is 5.31. The van der Waals surface area contributed by atoms with E-state index in [9.17, 15) is 14.9 Å². The fourth-order valence-corrected chi connectivity index (χ4v) is 2.75. The van der Waals surface area contributed by atoms with E-state index in [1.807, 2.05) is 12.2 Å². The van der Waals surface area contributed by atoms with Crippen molar-refractivity contribution in [3.05, 3.63) is 63.7 Å². The molecule has 0 radical (unpaired) electrons. The summed E-state index contributed by atoms with van der Waals surface area (Å²) < 4.78 is 0. The molecular weight excluding hydrogens is 282 g/mol. The molecule has 1 unspecified atom stereocenters. The molecule has 1 aromatic rings. The van der Waals surface area contributed by atoms with Crippen LogP contribution in [0.3, 0.4) is 0 Å². The first-order chi connectivity index (χ1) is 10.6. The van der Waals surface area contributed by atoms with E-state index in [4.69, 9.17) is 0 Å². The van der Waals surface area contributed by atoms with Crippen molar-refractivity contribution in [1.82, 2.24) is 5.01 Å². The predicted molar refractivity (Wildman–Crippen MR) is 82.4 cm³/mol. The third kappa shape index (κ3) is 2.55. The van der Waals surface area contributed by atoms with Gasteiger partial charge in [-0.1, -0.05) is 18.2 Å². The predicted octanol–water partition coefficient (Wildman–Crippen LogP) is 2.81. The first-order valence-corrected chi connectivity index (χ1v) is 7.04. The molecule has 0 aromatic heterocycles. The molecule has 2 aliphatic rings. The third-order valence-electron chi connectivity index (χ3n) is 3.87. The number of nitro benzene ring substituents is 1. The molecule has 0 saturated carbocycles. The van der Waals surface area contributed by atoms with Crippen molar-refractivity contribution in [3.8, 4) is 0 Å². The largest absolute Gasteiger partial charge is 0.273 e. The first kappa shape index (κ1) is 14.2. The van der Waals surface area contributed by atoms with Gasteiger partial charge >= 0.3 is 0 Å². The standard InChI is InChI=1S/C16H15N3O3/c1-11(20)18-16(13-4-2-3-5-13)10-15(17-18)12-6-8-14(9-7-12)19(21)22/h2-4,6-9,16H,5,10H2,1H3. The van der Waals surface area contributed by atoms with E-state index in [1.54, 1.807) is 12.1 Å². The minimum absolute atomic E-state index is 0.0463. The second kappa shape index (κ2) is 5.55. The van der Waals surface area contributed by atoms with Crippen molar-refractivity contribution in [2.75, 3.05) is 0 Å². The highest BCUT2D eigenvalue weighted by Crippen LogP contribution is 2.29. The molecule has 1 aliphatic carbocycles. The molecule has 6 heteroatoms. The summed E-state index contributed by atoms with van der Waals surface area (Å²) in [6.07, 6.45) is 7.52. The van der Waals surface area contributed by atoms with Crippen LogP contribution in [0.5, 0.6) is 0 Å². The number of carbonyl (C=O) groups excluding carboxylic acids is 1. The number of hydrogen-bond donors (Lipinski definition) is 0. The Hall–Kier alpha value is -2.76. The van der Waals surface area contributed by atoms with E-state index in [2.05, 4.69) is 11.2 Å². The van der Waals surface area contributed by atoms with Crippen molar-refractivity contribution in [1.29, 1.82) is 0 Å². The Morgan fingerprint density at radius 3 is 2.64 bits per heavy atom. The smallest absolute Gasteiger partial charge is 0.269 e. The Morgan fingerprint density at radius 2 is 2.09 bits per heavy atom. The molecule has 3 rings (SSSR count). The van der Waals surface area contributed by atoms with Crippen molar-refractivity contribution in [2.24, 2.45) is 5.10 Å². The highest BCUT2D eigenvalue weighted by atomic mass is 16.6. The molecule has 0 saturated heterocycles. The molecule has 0 fully saturated rings. The number of nitro groups is 1. The van der Waals surface area contributed by atoms with Gasteiger partial charge < -0.3 is 0 Å². The van der Waals surface area contributed by atoms with Gasteiger partial charge in [0.25, 0.3) is 5.69 Å². The van der Waals surface area contributed by atoms with E-state index < -0.39 is 4.92 Å². The van der Waals surface area contributed by atoms with Crippen molar-refractivity contribution in [2.45, 2.75) is 25.8 Å². The van der Waals surface area contributed by atoms with Gasteiger partial charge in [0.1, 0.15) is 0 Å². The van der Waals surface area contributed by atoms with Crippen molar-refractivity contribution >= 4 is 17.3 Å². The van der Waals surface area contributed by atoms with Crippen LogP contribution >= 0.6 is 0 Å². The molecule has 1 amide bonds. The van der Waals surface area contributed by atoms with E-state index in [0.717, 1.165) is 23.3 Å². The molecule has 1 heterocycles. The van der Waals surface area contributed by atoms with Crippen LogP contribution in [0.15, 0.2) is 53.2 Å². The Balaban J connectivity index is 1.86. The summed E-state index contributed by atoms with van der Waals surface area (Å²) in [4.78, 5) is 22.1. The van der Waals surface area contributed by atoms with Gasteiger partial charge in [-0.3, -0.25) is 14.9 Å². The van der Waals surface area contributed by atoms with Gasteiger partial charge in [-0.25, -0.2) is 5.01 Å². The summed E-state index contributed by atoms with van der Waals surface area (Å²) in [5, 5.41) is 16.6. The van der Waals surface area contributed by atoms with Gasteiger partial charge in [0.15, 0.2) is 0 Å². The van der Waals surface area contributed by atoms with Crippen LogP contribution in [0.25, 0.3) is 0 Å². The Labute approximate surface area is 127 Å². The SMILES string of the molecule is CC(=O)N1N=C(c2ccc([N+](=O)[O-])cc2)CC1C1=CC=CC1. The maximum atomic E-state index is 11.8. The molecule has 0 spiro atoms. The lowest BCUT2D eigenvalue weighted by atomic mass is 9.97. The van der Waals surface area contributed by atoms with Crippen LogP contribution in [0.4, 0.5) is 5.69 Å². The lowest BCUT2D eigenvalue weighted by Gasteiger charge is -2.21. The van der Waals surface area contributed by atoms with Gasteiger partial charge in [-0.2, -0.15) is 5.10 Å². The topological polar surface area (TPSA) is 75.8 Å². The van der Waals surface area contributed by atoms with Gasteiger partial charge in [0.2, 0.25) is 5.91 Å². The Bertz CT molecular complexity index is 717. The number of amides is 1. The quantitative estimate of drug-likeness (QED) is 0.636. The number of rotatable bonds is 3. The lowest BCUT2D eigenvalue weighted by molar-refractivity contribution is -0.384. The summed E-state index contributed by atoms with van der Waals surface area (Å²) in [7, 11) is 0. The summed E-state index contributed by atoms with van der Waals surface area (Å²) in [6, 6.07) is 6.22. The number of benzene rings is 1. The summed E-state index contributed by atoms with van der Waals surface area (Å²) in [6.45, 7) is 1.50. The molecule has 1 aromatic carbocycles. The maximum absolute atomic E-state index is 11.8. The molecule has 6 nitrogen and oxygen atoms in total. The summed E-state index contributed by atoms with van der Waals surface area (Å²) in [5.41, 5.74) is 2.80. The second-order valence-corrected chi connectivity index (χ2v) is 5.31. The fraction of sp³-hybridized carbons (Fsp3) is 0.250. The Kier molecular flexibility index (Phi) is 3.58. The van der Waals surface area contributed by atoms with E-state index in [-0.39, 0.29) is 17.6 Å². The zero-order valence-electron chi connectivity index (χ0n) is 12.1. The average Bonchev–Trinajstić information content (AvgIpc) is 3.16. The van der Waals surface area contributed by atoms with E-state index in [0.29, 0.717) is 6.42 Å². The van der Waals surface area contributed by atoms with Gasteiger partial charge in [0, 0.05) is 25.5 Å². The zero-order valence-corrected chi connectivity index (χ0v) is 12.1. The molecular formula is C16H15N3O3. The molecule has 1 atom stereocenters. The van der Waals surface area contributed by atoms with Crippen LogP contribution in [-0.2, 0) is 4.79 Å². The first-order valence-electron chi connectivity index (χ1n) is 7.04. The maximum Gasteiger partial charge on any atom is 0.269 e. The van der Waals surface area contributed by atoms with Crippen LogP contribution in [0.2, 0.25) is 0 Å². The van der Waals surface area contributed by atoms with Crippen LogP contribution < -0.4 is 0 Å². The van der Waals surface area contributed by atoms with E-state index in [1.165, 1.54) is 24.1 Å². The van der Waals surface area contributed by atoms with Crippen LogP contribution in [-0.4, -0.2) is 27.6 Å². The number of nitrogens with zero attached hydrogens (tertiary/aromatic N) is 3. The normalized spacial score (nSPS) is 20.0. The fourth-order valence-electron chi connectivity index (χ4n) is 2.75. The van der Waals surface area contributed by atoms with Gasteiger partial charge in [0.05, 0.1) is 16.7 Å². The Morgan fingerprint density at radius 1 is 1.36 bits per heavy atom. The summed E-state index contributed by atoms with van der Waals surface area (Å²) >= 11 is 0. The monoisotopic (exact) mass is 297 g/mol. The number of hydrogen-bond acceptors (Lipinski definition) is 4. The molecule has 112 valence electrons. The zero-order chi connectivity index (χ0) is 15.7. The van der Waals surface area contributed by atoms with Crippen molar-refractivity contribution in [3.63, 3.8) is 0 Å². The molecule has 0 bridgehead atoms. The average molecular weight is 297 g/mol. The van der Waals surface area contributed by atoms with E-state index >= 15 is 0 Å². The number of non-ortho nitro benzene ring substituents is 1. The molecule has 1 aliphatic heterocycles. The third-order valence-corrected chi connectivity index (χ3v) is 3.87. The molecule has 0 N–H and O–H groups in total. The summed E-state index contributed by atoms with van der Waals surface area (Å²) in [5.74, 6) is -0.102. The minimum atomic E-state index is -0.431. The number of allylic oxidation sites excluding steroid dienone is 3. The number of carbonyl (C=O) groups is 1. The molecule has 22 heavy (non-hydrogen) atoms. The number of hydrazone groups is 1. The minimum Gasteiger partial charge on any atom is -0.273 e. The van der Waals surface area contributed by atoms with Gasteiger partial charge in [-0.05, 0) is 29.7 Å². The van der Waals surface area contributed by atoms with Crippen LogP contribution in [0.1, 0.15) is 25.3 Å². The highest BCUT2D eigenvalue weighted by Gasteiger charge is 2.32. The lowest BCUT2D eigenvalue weighted by Crippen LogP contribution is -2.32. The van der Waals surface area contributed by atoms with Crippen LogP contribution in [0, 0.1) is 10.1 Å². The van der Waals surface area contributed by atoms with Gasteiger partial charge in [-0.15, -0.1) is 0 Å². The highest BCUT2D eigenvalue weighted by molar-refractivity contribution is 6.03. The van der Waals surface area contributed by atoms with Crippen molar-refractivity contribution < 1.29 is 9.72 Å².